The number of benzene rings is 1. The predicted octanol–water partition coefficient (Wildman–Crippen LogP) is 1.53. The van der Waals surface area contributed by atoms with E-state index < -0.39 is 10.7 Å². The predicted molar refractivity (Wildman–Crippen MR) is 31.9 cm³/mol. The van der Waals surface area contributed by atoms with Crippen LogP contribution in [0.25, 0.3) is 0 Å². The number of non-ortho nitro benzene ring substituents is 1. The van der Waals surface area contributed by atoms with E-state index in [1.54, 1.807) is 0 Å². The Labute approximate surface area is 86.1 Å². The molecule has 56 valence electrons. The summed E-state index contributed by atoms with van der Waals surface area (Å²) in [6.07, 6.45) is 0. The molecule has 1 rings (SSSR count). The fourth-order valence-electron chi connectivity index (χ4n) is 0.511. The van der Waals surface area contributed by atoms with Gasteiger partial charge in [-0.3, -0.25) is 10.1 Å². The van der Waals surface area contributed by atoms with E-state index >= 15 is 0 Å². The summed E-state index contributed by atoms with van der Waals surface area (Å²) >= 11 is 0. The van der Waals surface area contributed by atoms with Crippen LogP contribution in [0.3, 0.4) is 0 Å². The van der Waals surface area contributed by atoms with Crippen molar-refractivity contribution in [2.75, 3.05) is 0 Å². The van der Waals surface area contributed by atoms with Crippen molar-refractivity contribution >= 4 is 5.69 Å². The topological polar surface area (TPSA) is 43.1 Å². The quantitative estimate of drug-likeness (QED) is 0.423. The van der Waals surface area contributed by atoms with Crippen LogP contribution >= 0.6 is 0 Å². The third-order valence-electron chi connectivity index (χ3n) is 0.969. The molecule has 1 aromatic carbocycles. The molecule has 0 unspecified atom stereocenters. The number of nitrogens with zero attached hydrogens (tertiary/aromatic N) is 1. The van der Waals surface area contributed by atoms with E-state index in [9.17, 15) is 14.5 Å². The van der Waals surface area contributed by atoms with E-state index in [1.165, 1.54) is 0 Å². The van der Waals surface area contributed by atoms with Crippen LogP contribution in [0.1, 0.15) is 0 Å². The molecule has 0 aromatic heterocycles. The summed E-state index contributed by atoms with van der Waals surface area (Å²) in [4.78, 5) is 9.37. The second-order valence-electron chi connectivity index (χ2n) is 1.65. The van der Waals surface area contributed by atoms with Crippen LogP contribution < -0.4 is 0 Å². The average molecular weight is 378 g/mol. The van der Waals surface area contributed by atoms with Crippen molar-refractivity contribution in [1.82, 2.24) is 0 Å². The van der Waals surface area contributed by atoms with Crippen molar-refractivity contribution < 1.29 is 40.4 Å². The Kier molecular flexibility index (Phi) is 4.31. The summed E-state index contributed by atoms with van der Waals surface area (Å²) in [5.41, 5.74) is -0.151. The normalized spacial score (nSPS) is 8.45. The first-order chi connectivity index (χ1) is 4.70. The molecule has 0 aliphatic heterocycles. The van der Waals surface area contributed by atoms with Gasteiger partial charge in [0.15, 0.2) is 5.69 Å². The smallest absolute Gasteiger partial charge is 0.163 e. The maximum Gasteiger partial charge on any atom is 0.163 e. The van der Waals surface area contributed by atoms with Crippen molar-refractivity contribution in [3.8, 4) is 0 Å². The van der Waals surface area contributed by atoms with Crippen molar-refractivity contribution in [2.45, 2.75) is 0 Å². The minimum Gasteiger partial charge on any atom is -0.270 e. The van der Waals surface area contributed by atoms with E-state index in [1.807, 2.05) is 0 Å². The summed E-state index contributed by atoms with van der Waals surface area (Å²) in [6.45, 7) is 0. The molecule has 1 aromatic rings. The van der Waals surface area contributed by atoms with Gasteiger partial charge in [0.2, 0.25) is 0 Å². The molecule has 3 nitrogen and oxygen atoms in total. The van der Waals surface area contributed by atoms with Gasteiger partial charge >= 0.3 is 0 Å². The standard InChI is InChI=1S/C6H3FNO2.U/c7-5-1-3-6(4-2-5)8(9)10;/h1,3-4H;/q-1;. The maximum absolute atomic E-state index is 12.1. The molecule has 11 heavy (non-hydrogen) atoms. The van der Waals surface area contributed by atoms with Gasteiger partial charge in [0.1, 0.15) is 0 Å². The molecule has 0 atom stereocenters. The van der Waals surface area contributed by atoms with Crippen LogP contribution in [0.4, 0.5) is 10.1 Å². The van der Waals surface area contributed by atoms with Crippen molar-refractivity contribution in [1.29, 1.82) is 0 Å². The van der Waals surface area contributed by atoms with Crippen LogP contribution in [-0.2, 0) is 0 Å². The molecule has 0 radical (unpaired) electrons. The Balaban J connectivity index is 0.000001000. The number of hydrogen-bond donors (Lipinski definition) is 0. The Bertz CT molecular complexity index is 249. The first-order valence-corrected chi connectivity index (χ1v) is 2.52. The van der Waals surface area contributed by atoms with Gasteiger partial charge in [-0.2, -0.15) is 0 Å². The summed E-state index contributed by atoms with van der Waals surface area (Å²) in [6, 6.07) is 5.16. The molecule has 0 aliphatic rings. The molecule has 0 N–H and O–H groups in total. The van der Waals surface area contributed by atoms with Crippen molar-refractivity contribution in [2.24, 2.45) is 0 Å². The second kappa shape index (κ2) is 4.47. The minimum atomic E-state index is -0.601. The first-order valence-electron chi connectivity index (χ1n) is 2.52. The summed E-state index contributed by atoms with van der Waals surface area (Å²) in [5.74, 6) is -0.592. The van der Waals surface area contributed by atoms with Gasteiger partial charge in [-0.25, -0.2) is 4.39 Å². The van der Waals surface area contributed by atoms with E-state index in [0.29, 0.717) is 0 Å². The SMILES string of the molecule is O=[N+]([O-])c1c[c-]c(F)cc1.[U]. The van der Waals surface area contributed by atoms with Gasteiger partial charge < -0.3 is 0 Å². The van der Waals surface area contributed by atoms with Crippen molar-refractivity contribution in [3.63, 3.8) is 0 Å². The Morgan fingerprint density at radius 1 is 1.55 bits per heavy atom. The maximum atomic E-state index is 12.1. The van der Waals surface area contributed by atoms with Crippen LogP contribution in [0, 0.1) is 53.1 Å². The average Bonchev–Trinajstić information content (AvgIpc) is 1.88. The van der Waals surface area contributed by atoms with Gasteiger partial charge in [0, 0.05) is 41.9 Å². The zero-order valence-electron chi connectivity index (χ0n) is 5.37. The summed E-state index contributed by atoms with van der Waals surface area (Å²) < 4.78 is 12.1. The van der Waals surface area contributed by atoms with Crippen LogP contribution in [0.15, 0.2) is 18.2 Å². The molecule has 0 heterocycles. The first kappa shape index (κ1) is 10.6. The van der Waals surface area contributed by atoms with Crippen molar-refractivity contribution in [3.05, 3.63) is 40.2 Å². The molecule has 0 saturated heterocycles. The molecule has 0 fully saturated rings. The monoisotopic (exact) mass is 378 g/mol. The largest absolute Gasteiger partial charge is 0.270 e. The zero-order valence-corrected chi connectivity index (χ0v) is 9.54. The molecule has 5 heteroatoms. The van der Waals surface area contributed by atoms with Gasteiger partial charge in [-0.05, 0) is 0 Å². The number of rotatable bonds is 1. The summed E-state index contributed by atoms with van der Waals surface area (Å²) in [7, 11) is 0. The van der Waals surface area contributed by atoms with E-state index in [2.05, 4.69) is 6.07 Å². The van der Waals surface area contributed by atoms with Gasteiger partial charge in [-0.1, -0.05) is 12.1 Å². The van der Waals surface area contributed by atoms with E-state index in [-0.39, 0.29) is 36.8 Å². The van der Waals surface area contributed by atoms with Crippen LogP contribution in [0.5, 0.6) is 0 Å². The molecule has 0 aliphatic carbocycles. The summed E-state index contributed by atoms with van der Waals surface area (Å²) in [5, 5.41) is 9.98. The van der Waals surface area contributed by atoms with Gasteiger partial charge in [0.05, 0.1) is 0 Å². The van der Waals surface area contributed by atoms with Crippen LogP contribution in [-0.4, -0.2) is 4.92 Å². The Morgan fingerprint density at radius 2 is 2.18 bits per heavy atom. The van der Waals surface area contributed by atoms with Gasteiger partial charge in [-0.15, -0.1) is 12.1 Å². The zero-order chi connectivity index (χ0) is 7.56. The number of halogens is 1. The fourth-order valence-corrected chi connectivity index (χ4v) is 0.511. The minimum absolute atomic E-state index is 0. The number of nitro benzene ring substituents is 1. The third-order valence-corrected chi connectivity index (χ3v) is 0.969. The molecular formula is C6H3FNO2U-. The molecule has 0 spiro atoms. The number of nitro groups is 1. The molecule has 0 saturated carbocycles. The fraction of sp³-hybridized carbons (Fsp3) is 0. The second-order valence-corrected chi connectivity index (χ2v) is 1.65. The third kappa shape index (κ3) is 3.00. The van der Waals surface area contributed by atoms with E-state index in [4.69, 9.17) is 0 Å². The van der Waals surface area contributed by atoms with Crippen LogP contribution in [0.2, 0.25) is 0 Å². The Hall–Kier alpha value is -0.398. The van der Waals surface area contributed by atoms with Gasteiger partial charge in [0.25, 0.3) is 0 Å². The Morgan fingerprint density at radius 3 is 2.55 bits per heavy atom. The molecule has 0 amide bonds. The molecule has 0 bridgehead atoms. The van der Waals surface area contributed by atoms with E-state index in [0.717, 1.165) is 18.2 Å². The molecular weight excluding hydrogens is 375 g/mol. The number of hydrogen-bond acceptors (Lipinski definition) is 2.